The van der Waals surface area contributed by atoms with E-state index in [1.165, 1.54) is 0 Å². The van der Waals surface area contributed by atoms with Gasteiger partial charge in [-0.3, -0.25) is 0 Å². The molecule has 0 aromatic carbocycles. The first kappa shape index (κ1) is 11.3. The molecule has 1 saturated heterocycles. The highest BCUT2D eigenvalue weighted by molar-refractivity contribution is 7.99. The van der Waals surface area contributed by atoms with Crippen LogP contribution in [0.2, 0.25) is 0 Å². The van der Waals surface area contributed by atoms with Crippen molar-refractivity contribution in [1.82, 2.24) is 0 Å². The average molecular weight is 206 g/mol. The Hall–Kier alpha value is 0.230. The predicted octanol–water partition coefficient (Wildman–Crippen LogP) is 1.52. The second kappa shape index (κ2) is 7.62. The molecular formula is C9H18O3S. The quantitative estimate of drug-likeness (QED) is 0.616. The highest BCUT2D eigenvalue weighted by Crippen LogP contribution is 2.12. The van der Waals surface area contributed by atoms with E-state index in [0.29, 0.717) is 0 Å². The standard InChI is InChI=1S/C9H18O3S/c1-10-6-8-13-7-3-9-11-4-2-5-12-9/h9H,2-8H2,1H3. The molecule has 0 N–H and O–H groups in total. The van der Waals surface area contributed by atoms with Crippen molar-refractivity contribution >= 4 is 11.8 Å². The Balaban J connectivity index is 1.86. The summed E-state index contributed by atoms with van der Waals surface area (Å²) in [5.74, 6) is 2.15. The lowest BCUT2D eigenvalue weighted by Gasteiger charge is -2.22. The summed E-state index contributed by atoms with van der Waals surface area (Å²) in [6.07, 6.45) is 2.07. The van der Waals surface area contributed by atoms with Crippen LogP contribution in [0.3, 0.4) is 0 Å². The molecule has 0 bridgehead atoms. The molecule has 78 valence electrons. The van der Waals surface area contributed by atoms with E-state index in [2.05, 4.69) is 0 Å². The summed E-state index contributed by atoms with van der Waals surface area (Å²) in [5, 5.41) is 0. The van der Waals surface area contributed by atoms with Crippen LogP contribution in [0.1, 0.15) is 12.8 Å². The highest BCUT2D eigenvalue weighted by atomic mass is 32.2. The van der Waals surface area contributed by atoms with E-state index < -0.39 is 0 Å². The minimum absolute atomic E-state index is 0.0452. The van der Waals surface area contributed by atoms with Gasteiger partial charge in [-0.15, -0.1) is 0 Å². The molecule has 0 spiro atoms. The van der Waals surface area contributed by atoms with E-state index in [1.807, 2.05) is 11.8 Å². The number of rotatable bonds is 6. The second-order valence-electron chi connectivity index (χ2n) is 2.92. The van der Waals surface area contributed by atoms with Gasteiger partial charge in [0.25, 0.3) is 0 Å². The van der Waals surface area contributed by atoms with E-state index in [4.69, 9.17) is 14.2 Å². The summed E-state index contributed by atoms with van der Waals surface area (Å²) >= 11 is 1.89. The molecule has 1 aliphatic heterocycles. The van der Waals surface area contributed by atoms with Crippen molar-refractivity contribution in [2.75, 3.05) is 38.4 Å². The number of thioether (sulfide) groups is 1. The fourth-order valence-electron chi connectivity index (χ4n) is 1.13. The van der Waals surface area contributed by atoms with Gasteiger partial charge in [0.2, 0.25) is 0 Å². The van der Waals surface area contributed by atoms with Crippen LogP contribution in [0.25, 0.3) is 0 Å². The number of hydrogen-bond acceptors (Lipinski definition) is 4. The largest absolute Gasteiger partial charge is 0.384 e. The Morgan fingerprint density at radius 1 is 1.31 bits per heavy atom. The summed E-state index contributed by atoms with van der Waals surface area (Å²) in [5.41, 5.74) is 0. The predicted molar refractivity (Wildman–Crippen MR) is 54.1 cm³/mol. The zero-order valence-electron chi connectivity index (χ0n) is 8.16. The van der Waals surface area contributed by atoms with Crippen molar-refractivity contribution in [2.24, 2.45) is 0 Å². The maximum absolute atomic E-state index is 5.42. The smallest absolute Gasteiger partial charge is 0.158 e. The Kier molecular flexibility index (Phi) is 6.62. The number of ether oxygens (including phenoxy) is 3. The van der Waals surface area contributed by atoms with Gasteiger partial charge in [-0.1, -0.05) is 0 Å². The molecule has 0 saturated carbocycles. The van der Waals surface area contributed by atoms with Crippen LogP contribution in [0.4, 0.5) is 0 Å². The molecule has 1 aliphatic rings. The topological polar surface area (TPSA) is 27.7 Å². The minimum atomic E-state index is 0.0452. The van der Waals surface area contributed by atoms with Crippen LogP contribution in [0.5, 0.6) is 0 Å². The van der Waals surface area contributed by atoms with Gasteiger partial charge in [0, 0.05) is 19.3 Å². The maximum Gasteiger partial charge on any atom is 0.158 e. The SMILES string of the molecule is COCCSCCC1OCCCO1. The second-order valence-corrected chi connectivity index (χ2v) is 4.14. The molecule has 1 fully saturated rings. The lowest BCUT2D eigenvalue weighted by atomic mass is 10.4. The molecule has 0 aromatic rings. The van der Waals surface area contributed by atoms with Crippen LogP contribution >= 0.6 is 11.8 Å². The van der Waals surface area contributed by atoms with Gasteiger partial charge in [0.1, 0.15) is 0 Å². The summed E-state index contributed by atoms with van der Waals surface area (Å²) in [6.45, 7) is 2.54. The fraction of sp³-hybridized carbons (Fsp3) is 1.00. The van der Waals surface area contributed by atoms with Crippen molar-refractivity contribution in [3.63, 3.8) is 0 Å². The van der Waals surface area contributed by atoms with Crippen molar-refractivity contribution in [2.45, 2.75) is 19.1 Å². The molecule has 0 radical (unpaired) electrons. The van der Waals surface area contributed by atoms with Crippen molar-refractivity contribution in [1.29, 1.82) is 0 Å². The van der Waals surface area contributed by atoms with Crippen LogP contribution in [-0.2, 0) is 14.2 Å². The number of hydrogen-bond donors (Lipinski definition) is 0. The van der Waals surface area contributed by atoms with E-state index in [-0.39, 0.29) is 6.29 Å². The van der Waals surface area contributed by atoms with Crippen LogP contribution in [0.15, 0.2) is 0 Å². The normalized spacial score (nSPS) is 19.2. The zero-order chi connectivity index (χ0) is 9.36. The Morgan fingerprint density at radius 2 is 2.08 bits per heavy atom. The minimum Gasteiger partial charge on any atom is -0.384 e. The molecule has 1 rings (SSSR count). The summed E-state index contributed by atoms with van der Waals surface area (Å²) < 4.78 is 15.8. The fourth-order valence-corrected chi connectivity index (χ4v) is 1.97. The summed E-state index contributed by atoms with van der Waals surface area (Å²) in [4.78, 5) is 0. The van der Waals surface area contributed by atoms with Crippen LogP contribution in [0, 0.1) is 0 Å². The zero-order valence-corrected chi connectivity index (χ0v) is 8.98. The average Bonchev–Trinajstić information content (AvgIpc) is 2.19. The molecular weight excluding hydrogens is 188 g/mol. The lowest BCUT2D eigenvalue weighted by Crippen LogP contribution is -2.25. The van der Waals surface area contributed by atoms with E-state index in [0.717, 1.165) is 44.2 Å². The third-order valence-electron chi connectivity index (χ3n) is 1.83. The van der Waals surface area contributed by atoms with Crippen LogP contribution in [-0.4, -0.2) is 44.7 Å². The van der Waals surface area contributed by atoms with Gasteiger partial charge in [-0.05, 0) is 12.2 Å². The molecule has 0 amide bonds. The molecule has 3 nitrogen and oxygen atoms in total. The highest BCUT2D eigenvalue weighted by Gasteiger charge is 2.12. The first-order valence-electron chi connectivity index (χ1n) is 4.73. The molecule has 0 unspecified atom stereocenters. The Bertz CT molecular complexity index is 115. The monoisotopic (exact) mass is 206 g/mol. The van der Waals surface area contributed by atoms with Crippen molar-refractivity contribution in [3.05, 3.63) is 0 Å². The molecule has 4 heteroatoms. The first-order valence-corrected chi connectivity index (χ1v) is 5.89. The Morgan fingerprint density at radius 3 is 2.77 bits per heavy atom. The number of methoxy groups -OCH3 is 1. The maximum atomic E-state index is 5.42. The molecule has 1 heterocycles. The molecule has 0 atom stereocenters. The lowest BCUT2D eigenvalue weighted by molar-refractivity contribution is -0.178. The van der Waals surface area contributed by atoms with Gasteiger partial charge in [-0.25, -0.2) is 0 Å². The van der Waals surface area contributed by atoms with E-state index >= 15 is 0 Å². The van der Waals surface area contributed by atoms with Crippen molar-refractivity contribution in [3.8, 4) is 0 Å². The Labute approximate surface area is 84.1 Å². The van der Waals surface area contributed by atoms with E-state index in [9.17, 15) is 0 Å². The molecule has 13 heavy (non-hydrogen) atoms. The third-order valence-corrected chi connectivity index (χ3v) is 2.81. The van der Waals surface area contributed by atoms with Crippen molar-refractivity contribution < 1.29 is 14.2 Å². The van der Waals surface area contributed by atoms with Gasteiger partial charge < -0.3 is 14.2 Å². The molecule has 0 aliphatic carbocycles. The first-order chi connectivity index (χ1) is 6.43. The van der Waals surface area contributed by atoms with Gasteiger partial charge in [0.15, 0.2) is 6.29 Å². The summed E-state index contributed by atoms with van der Waals surface area (Å²) in [7, 11) is 1.73. The van der Waals surface area contributed by atoms with E-state index in [1.54, 1.807) is 7.11 Å². The summed E-state index contributed by atoms with van der Waals surface area (Å²) in [6, 6.07) is 0. The van der Waals surface area contributed by atoms with Gasteiger partial charge >= 0.3 is 0 Å². The van der Waals surface area contributed by atoms with Gasteiger partial charge in [0.05, 0.1) is 19.8 Å². The van der Waals surface area contributed by atoms with Crippen LogP contribution < -0.4 is 0 Å². The third kappa shape index (κ3) is 5.52. The molecule has 0 aromatic heterocycles. The van der Waals surface area contributed by atoms with Gasteiger partial charge in [-0.2, -0.15) is 11.8 Å².